The highest BCUT2D eigenvalue weighted by Crippen LogP contribution is 2.38. The number of thioether (sulfide) groups is 1. The third-order valence-corrected chi connectivity index (χ3v) is 5.95. The lowest BCUT2D eigenvalue weighted by Gasteiger charge is -2.13. The number of hydrogen-bond acceptors (Lipinski definition) is 6. The highest BCUT2D eigenvalue weighted by Gasteiger charge is 2.36. The lowest BCUT2D eigenvalue weighted by atomic mass is 10.2. The second-order valence-electron chi connectivity index (χ2n) is 7.00. The highest BCUT2D eigenvalue weighted by molar-refractivity contribution is 9.10. The summed E-state index contributed by atoms with van der Waals surface area (Å²) in [5.74, 6) is -1.32. The summed E-state index contributed by atoms with van der Waals surface area (Å²) in [5.41, 5.74) is 0.916. The molecule has 2 amide bonds. The Morgan fingerprint density at radius 2 is 2.00 bits per heavy atom. The summed E-state index contributed by atoms with van der Waals surface area (Å²) in [4.78, 5) is 37.6. The largest absolute Gasteiger partial charge is 0.486 e. The summed E-state index contributed by atoms with van der Waals surface area (Å²) >= 11 is 10.4. The van der Waals surface area contributed by atoms with Crippen molar-refractivity contribution in [2.24, 2.45) is 0 Å². The minimum Gasteiger partial charge on any atom is -0.486 e. The van der Waals surface area contributed by atoms with E-state index in [1.54, 1.807) is 44.2 Å². The number of amides is 2. The van der Waals surface area contributed by atoms with Crippen LogP contribution in [0.3, 0.4) is 0 Å². The van der Waals surface area contributed by atoms with Crippen molar-refractivity contribution in [2.75, 3.05) is 6.54 Å². The zero-order valence-corrected chi connectivity index (χ0v) is 20.2. The fourth-order valence-corrected chi connectivity index (χ4v) is 4.61. The Hall–Kier alpha value is -2.36. The van der Waals surface area contributed by atoms with Crippen molar-refractivity contribution < 1.29 is 28.2 Å². The zero-order valence-electron chi connectivity index (χ0n) is 17.1. The molecule has 1 heterocycles. The van der Waals surface area contributed by atoms with Gasteiger partial charge in [-0.2, -0.15) is 0 Å². The van der Waals surface area contributed by atoms with Crippen LogP contribution in [-0.2, 0) is 20.9 Å². The molecule has 1 aliphatic heterocycles. The van der Waals surface area contributed by atoms with Gasteiger partial charge in [-0.05, 0) is 71.4 Å². The molecule has 0 aromatic heterocycles. The molecule has 0 saturated carbocycles. The molecule has 0 unspecified atom stereocenters. The van der Waals surface area contributed by atoms with E-state index in [1.165, 1.54) is 12.1 Å². The van der Waals surface area contributed by atoms with Crippen LogP contribution < -0.4 is 4.74 Å². The lowest BCUT2D eigenvalue weighted by molar-refractivity contribution is -0.149. The summed E-state index contributed by atoms with van der Waals surface area (Å²) in [7, 11) is 0. The van der Waals surface area contributed by atoms with E-state index < -0.39 is 23.7 Å². The number of halogens is 3. The number of nitrogens with zero attached hydrogens (tertiary/aromatic N) is 1. The van der Waals surface area contributed by atoms with Gasteiger partial charge >= 0.3 is 5.97 Å². The van der Waals surface area contributed by atoms with Crippen molar-refractivity contribution in [3.63, 3.8) is 0 Å². The predicted octanol–water partition coefficient (Wildman–Crippen LogP) is 5.81. The summed E-state index contributed by atoms with van der Waals surface area (Å²) in [6, 6.07) is 9.46. The summed E-state index contributed by atoms with van der Waals surface area (Å²) < 4.78 is 25.0. The maximum atomic E-state index is 13.8. The van der Waals surface area contributed by atoms with Gasteiger partial charge in [0.25, 0.3) is 11.1 Å². The Labute approximate surface area is 201 Å². The topological polar surface area (TPSA) is 72.9 Å². The molecule has 0 spiro atoms. The van der Waals surface area contributed by atoms with E-state index in [0.717, 1.165) is 16.7 Å². The molecule has 0 aliphatic carbocycles. The molecule has 1 fully saturated rings. The molecule has 0 radical (unpaired) electrons. The molecule has 2 aromatic rings. The van der Waals surface area contributed by atoms with Crippen LogP contribution in [0, 0.1) is 5.82 Å². The van der Waals surface area contributed by atoms with Crippen LogP contribution in [0.5, 0.6) is 5.75 Å². The van der Waals surface area contributed by atoms with E-state index in [2.05, 4.69) is 15.9 Å². The summed E-state index contributed by atoms with van der Waals surface area (Å²) in [6.07, 6.45) is 1.15. The third-order valence-electron chi connectivity index (χ3n) is 4.18. The molecule has 0 atom stereocenters. The number of ether oxygens (including phenoxy) is 2. The molecule has 2 aromatic carbocycles. The van der Waals surface area contributed by atoms with E-state index in [0.29, 0.717) is 21.3 Å². The predicted molar refractivity (Wildman–Crippen MR) is 124 cm³/mol. The normalized spacial score (nSPS) is 15.1. The van der Waals surface area contributed by atoms with Gasteiger partial charge in [0.05, 0.1) is 20.5 Å². The van der Waals surface area contributed by atoms with Gasteiger partial charge in [0, 0.05) is 5.56 Å². The molecule has 10 heteroatoms. The maximum Gasteiger partial charge on any atom is 0.326 e. The Kier molecular flexibility index (Phi) is 7.97. The zero-order chi connectivity index (χ0) is 23.4. The first-order chi connectivity index (χ1) is 15.2. The molecule has 6 nitrogen and oxygen atoms in total. The average molecular weight is 543 g/mol. The fourth-order valence-electron chi connectivity index (χ4n) is 2.78. The van der Waals surface area contributed by atoms with Crippen molar-refractivity contribution >= 4 is 62.5 Å². The number of carbonyl (C=O) groups is 3. The van der Waals surface area contributed by atoms with Crippen LogP contribution in [0.25, 0.3) is 6.08 Å². The maximum absolute atomic E-state index is 13.8. The molecule has 0 bridgehead atoms. The number of benzene rings is 2. The van der Waals surface area contributed by atoms with Crippen molar-refractivity contribution in [1.82, 2.24) is 4.90 Å². The molecule has 168 valence electrons. The number of hydrogen-bond donors (Lipinski definition) is 0. The van der Waals surface area contributed by atoms with Gasteiger partial charge in [0.2, 0.25) is 0 Å². The molecule has 0 N–H and O–H groups in total. The van der Waals surface area contributed by atoms with Gasteiger partial charge in [-0.15, -0.1) is 0 Å². The minimum absolute atomic E-state index is 0.0181. The Bertz CT molecular complexity index is 1080. The second-order valence-corrected chi connectivity index (χ2v) is 9.25. The van der Waals surface area contributed by atoms with E-state index in [4.69, 9.17) is 21.1 Å². The van der Waals surface area contributed by atoms with Gasteiger partial charge in [-0.3, -0.25) is 19.3 Å². The first-order valence-electron chi connectivity index (χ1n) is 9.45. The smallest absolute Gasteiger partial charge is 0.326 e. The molecule has 32 heavy (non-hydrogen) atoms. The lowest BCUT2D eigenvalue weighted by Crippen LogP contribution is -2.35. The number of imide groups is 1. The number of rotatable bonds is 7. The molecule has 3 rings (SSSR count). The van der Waals surface area contributed by atoms with Crippen LogP contribution in [0.1, 0.15) is 25.0 Å². The standard InChI is InChI=1S/C22H18BrClFNO5S/c1-12(2)31-19(27)10-26-21(28)18(32-22(26)29)9-13-7-15(23)20(16(24)8-13)30-11-14-5-3-4-6-17(14)25/h3-9,12H,10-11H2,1-2H3/b18-9+. The first kappa shape index (κ1) is 24.3. The van der Waals surface area contributed by atoms with E-state index >= 15 is 0 Å². The van der Waals surface area contributed by atoms with E-state index in [1.807, 2.05) is 0 Å². The molecular formula is C22H18BrClFNO5S. The van der Waals surface area contributed by atoms with Crippen molar-refractivity contribution in [3.8, 4) is 5.75 Å². The van der Waals surface area contributed by atoms with Crippen LogP contribution in [-0.4, -0.2) is 34.7 Å². The third kappa shape index (κ3) is 5.90. The summed E-state index contributed by atoms with van der Waals surface area (Å²) in [5, 5.41) is -0.321. The Balaban J connectivity index is 1.74. The van der Waals surface area contributed by atoms with Crippen LogP contribution >= 0.6 is 39.3 Å². The van der Waals surface area contributed by atoms with E-state index in [-0.39, 0.29) is 28.5 Å². The van der Waals surface area contributed by atoms with Gasteiger partial charge in [0.1, 0.15) is 19.0 Å². The fraction of sp³-hybridized carbons (Fsp3) is 0.227. The summed E-state index contributed by atoms with van der Waals surface area (Å²) in [6.45, 7) is 2.89. The first-order valence-corrected chi connectivity index (χ1v) is 11.4. The minimum atomic E-state index is -0.661. The van der Waals surface area contributed by atoms with Crippen LogP contribution in [0.2, 0.25) is 5.02 Å². The SMILES string of the molecule is CC(C)OC(=O)CN1C(=O)S/C(=C/c2cc(Cl)c(OCc3ccccc3F)c(Br)c2)C1=O. The Morgan fingerprint density at radius 1 is 1.28 bits per heavy atom. The molecule has 1 saturated heterocycles. The van der Waals surface area contributed by atoms with E-state index in [9.17, 15) is 18.8 Å². The van der Waals surface area contributed by atoms with Crippen LogP contribution in [0.4, 0.5) is 9.18 Å². The second kappa shape index (κ2) is 10.5. The van der Waals surface area contributed by atoms with Gasteiger partial charge in [-0.25, -0.2) is 4.39 Å². The monoisotopic (exact) mass is 541 g/mol. The van der Waals surface area contributed by atoms with Crippen molar-refractivity contribution in [3.05, 3.63) is 67.7 Å². The number of carbonyl (C=O) groups excluding carboxylic acids is 3. The van der Waals surface area contributed by atoms with Gasteiger partial charge < -0.3 is 9.47 Å². The molecule has 1 aliphatic rings. The number of esters is 1. The van der Waals surface area contributed by atoms with Crippen molar-refractivity contribution in [2.45, 2.75) is 26.6 Å². The quantitative estimate of drug-likeness (QED) is 0.325. The van der Waals surface area contributed by atoms with Crippen molar-refractivity contribution in [1.29, 1.82) is 0 Å². The average Bonchev–Trinajstić information content (AvgIpc) is 2.95. The van der Waals surface area contributed by atoms with Gasteiger partial charge in [0.15, 0.2) is 5.75 Å². The highest BCUT2D eigenvalue weighted by atomic mass is 79.9. The Morgan fingerprint density at radius 3 is 2.66 bits per heavy atom. The molecular weight excluding hydrogens is 525 g/mol. The van der Waals surface area contributed by atoms with Crippen LogP contribution in [0.15, 0.2) is 45.8 Å². The van der Waals surface area contributed by atoms with Gasteiger partial charge in [-0.1, -0.05) is 29.8 Å².